The van der Waals surface area contributed by atoms with E-state index >= 15 is 0 Å². The van der Waals surface area contributed by atoms with Crippen LogP contribution in [0.1, 0.15) is 12.8 Å². The number of anilines is 2. The number of benzene rings is 2. The van der Waals surface area contributed by atoms with Crippen LogP contribution in [0.25, 0.3) is 10.9 Å². The third-order valence-electron chi connectivity index (χ3n) is 5.96. The van der Waals surface area contributed by atoms with Gasteiger partial charge in [-0.2, -0.15) is 0 Å². The molecule has 0 atom stereocenters. The Hall–Kier alpha value is -3.34. The molecule has 1 aliphatic rings. The molecule has 2 aromatic carbocycles. The molecule has 5 rings (SSSR count). The number of halogens is 1. The molecule has 36 heavy (non-hydrogen) atoms. The Labute approximate surface area is 217 Å². The molecule has 0 aliphatic carbocycles. The van der Waals surface area contributed by atoms with Crippen LogP contribution in [0.5, 0.6) is 5.75 Å². The number of rotatable bonds is 8. The number of carboxylic acids is 1. The zero-order valence-electron chi connectivity index (χ0n) is 19.6. The smallest absolute Gasteiger partial charge is 0.323 e. The number of likely N-dealkylation sites (tertiary alicyclic amines) is 1. The van der Waals surface area contributed by atoms with Crippen molar-refractivity contribution in [1.29, 1.82) is 0 Å². The van der Waals surface area contributed by atoms with Crippen molar-refractivity contribution in [3.8, 4) is 5.75 Å². The van der Waals surface area contributed by atoms with Gasteiger partial charge in [0.2, 0.25) is 0 Å². The van der Waals surface area contributed by atoms with Crippen LogP contribution in [0.3, 0.4) is 0 Å². The maximum atomic E-state index is 11.1. The molecule has 1 saturated heterocycles. The zero-order valence-corrected chi connectivity index (χ0v) is 21.2. The number of hydrogen-bond donors (Lipinski definition) is 2. The second-order valence-electron chi connectivity index (χ2n) is 8.60. The molecule has 4 aromatic rings. The molecule has 0 unspecified atom stereocenters. The van der Waals surface area contributed by atoms with Gasteiger partial charge in [0, 0.05) is 36.1 Å². The number of imidazole rings is 1. The predicted molar refractivity (Wildman–Crippen MR) is 139 cm³/mol. The average Bonchev–Trinajstić information content (AvgIpc) is 3.28. The number of ether oxygens (including phenoxy) is 1. The molecule has 186 valence electrons. The summed E-state index contributed by atoms with van der Waals surface area (Å²) in [5.74, 6) is 0.461. The Bertz CT molecular complexity index is 1380. The summed E-state index contributed by atoms with van der Waals surface area (Å²) in [6.07, 6.45) is 6.83. The molecular formula is C25H25ClN6O3S. The second kappa shape index (κ2) is 10.7. The molecule has 0 saturated carbocycles. The van der Waals surface area contributed by atoms with Gasteiger partial charge in [-0.05, 0) is 50.2 Å². The maximum Gasteiger partial charge on any atom is 0.323 e. The number of aliphatic carboxylic acids is 1. The van der Waals surface area contributed by atoms with Gasteiger partial charge < -0.3 is 24.6 Å². The molecule has 0 bridgehead atoms. The second-order valence-corrected chi connectivity index (χ2v) is 10.0. The lowest BCUT2D eigenvalue weighted by Crippen LogP contribution is -2.35. The number of nitrogens with one attached hydrogen (secondary N) is 1. The van der Waals surface area contributed by atoms with Crippen molar-refractivity contribution in [2.45, 2.75) is 35.5 Å². The number of carboxylic acid groups (broad SMARTS) is 1. The summed E-state index contributed by atoms with van der Waals surface area (Å²) >= 11 is 7.89. The van der Waals surface area contributed by atoms with E-state index in [1.54, 1.807) is 17.0 Å². The fourth-order valence-corrected chi connectivity index (χ4v) is 5.26. The number of nitrogens with zero attached hydrogens (tertiary/aromatic N) is 5. The lowest BCUT2D eigenvalue weighted by Gasteiger charge is -2.29. The van der Waals surface area contributed by atoms with E-state index in [1.165, 1.54) is 18.1 Å². The quantitative estimate of drug-likeness (QED) is 0.332. The third-order valence-corrected chi connectivity index (χ3v) is 7.49. The van der Waals surface area contributed by atoms with Crippen molar-refractivity contribution in [3.05, 3.63) is 60.1 Å². The first-order valence-electron chi connectivity index (χ1n) is 11.5. The number of aromatic nitrogens is 4. The van der Waals surface area contributed by atoms with E-state index in [2.05, 4.69) is 32.2 Å². The molecule has 0 amide bonds. The van der Waals surface area contributed by atoms with Crippen LogP contribution in [0.2, 0.25) is 5.02 Å². The lowest BCUT2D eigenvalue weighted by atomic mass is 10.1. The molecule has 0 radical (unpaired) electrons. The molecule has 2 aromatic heterocycles. The van der Waals surface area contributed by atoms with Crippen LogP contribution in [0.15, 0.2) is 65.2 Å². The van der Waals surface area contributed by atoms with Gasteiger partial charge in [0.1, 0.15) is 30.5 Å². The van der Waals surface area contributed by atoms with Crippen LogP contribution in [0, 0.1) is 0 Å². The van der Waals surface area contributed by atoms with Crippen molar-refractivity contribution in [1.82, 2.24) is 24.4 Å². The zero-order chi connectivity index (χ0) is 25.1. The summed E-state index contributed by atoms with van der Waals surface area (Å²) in [7, 11) is 2.13. The fourth-order valence-electron chi connectivity index (χ4n) is 4.12. The Morgan fingerprint density at radius 2 is 2.06 bits per heavy atom. The van der Waals surface area contributed by atoms with Gasteiger partial charge in [-0.1, -0.05) is 29.4 Å². The molecule has 1 aliphatic heterocycles. The minimum absolute atomic E-state index is 0.152. The normalized spacial score (nSPS) is 14.7. The van der Waals surface area contributed by atoms with Crippen LogP contribution in [0.4, 0.5) is 11.5 Å². The van der Waals surface area contributed by atoms with Gasteiger partial charge in [-0.3, -0.25) is 4.79 Å². The first kappa shape index (κ1) is 24.4. The molecule has 9 nitrogen and oxygen atoms in total. The van der Waals surface area contributed by atoms with Gasteiger partial charge in [-0.25, -0.2) is 15.0 Å². The highest BCUT2D eigenvalue weighted by atomic mass is 35.5. The molecule has 2 N–H and O–H groups in total. The SMILES string of the molecule is CN1CCC(Oc2cccc3ncnc(Nc4ccc(Sc5nccn5CC(=O)O)c(Cl)c4)c23)CC1. The van der Waals surface area contributed by atoms with E-state index in [0.29, 0.717) is 16.0 Å². The van der Waals surface area contributed by atoms with Crippen molar-refractivity contribution >= 4 is 51.7 Å². The standard InChI is InChI=1S/C25H25ClN6O3S/c1-31-10-7-17(8-11-31)35-20-4-2-3-19-23(20)24(29-15-28-19)30-16-5-6-21(18(26)13-16)36-25-27-9-12-32(25)14-22(33)34/h2-6,9,12-13,15,17H,7-8,10-11,14H2,1H3,(H,33,34)(H,28,29,30). The number of hydrogen-bond acceptors (Lipinski definition) is 8. The van der Waals surface area contributed by atoms with Gasteiger partial charge in [0.25, 0.3) is 0 Å². The molecule has 0 spiro atoms. The summed E-state index contributed by atoms with van der Waals surface area (Å²) in [6, 6.07) is 11.4. The maximum absolute atomic E-state index is 11.1. The van der Waals surface area contributed by atoms with Gasteiger partial charge in [0.05, 0.1) is 15.9 Å². The topological polar surface area (TPSA) is 105 Å². The van der Waals surface area contributed by atoms with E-state index in [9.17, 15) is 4.79 Å². The monoisotopic (exact) mass is 524 g/mol. The fraction of sp³-hybridized carbons (Fsp3) is 0.280. The van der Waals surface area contributed by atoms with Crippen molar-refractivity contribution in [2.24, 2.45) is 0 Å². The van der Waals surface area contributed by atoms with E-state index in [1.807, 2.05) is 36.4 Å². The summed E-state index contributed by atoms with van der Waals surface area (Å²) < 4.78 is 7.97. The summed E-state index contributed by atoms with van der Waals surface area (Å²) in [6.45, 7) is 1.86. The van der Waals surface area contributed by atoms with Crippen LogP contribution >= 0.6 is 23.4 Å². The van der Waals surface area contributed by atoms with Gasteiger partial charge >= 0.3 is 5.97 Å². The Kier molecular flexibility index (Phi) is 7.26. The van der Waals surface area contributed by atoms with E-state index in [-0.39, 0.29) is 12.6 Å². The van der Waals surface area contributed by atoms with E-state index in [0.717, 1.165) is 53.2 Å². The lowest BCUT2D eigenvalue weighted by molar-refractivity contribution is -0.137. The third kappa shape index (κ3) is 5.56. The van der Waals surface area contributed by atoms with Crippen molar-refractivity contribution in [2.75, 3.05) is 25.5 Å². The van der Waals surface area contributed by atoms with Crippen LogP contribution in [-0.2, 0) is 11.3 Å². The first-order chi connectivity index (χ1) is 17.5. The van der Waals surface area contributed by atoms with Crippen LogP contribution < -0.4 is 10.1 Å². The first-order valence-corrected chi connectivity index (χ1v) is 12.7. The van der Waals surface area contributed by atoms with Crippen LogP contribution in [-0.4, -0.2) is 61.7 Å². The summed E-state index contributed by atoms with van der Waals surface area (Å²) in [5, 5.41) is 14.3. The minimum atomic E-state index is -0.934. The number of carbonyl (C=O) groups is 1. The predicted octanol–water partition coefficient (Wildman–Crippen LogP) is 4.93. The molecule has 1 fully saturated rings. The highest BCUT2D eigenvalue weighted by Crippen LogP contribution is 2.37. The molecule has 3 heterocycles. The van der Waals surface area contributed by atoms with E-state index < -0.39 is 5.97 Å². The largest absolute Gasteiger partial charge is 0.489 e. The van der Waals surface area contributed by atoms with E-state index in [4.69, 9.17) is 21.4 Å². The number of piperidine rings is 1. The summed E-state index contributed by atoms with van der Waals surface area (Å²) in [5.41, 5.74) is 1.55. The Balaban J connectivity index is 1.37. The van der Waals surface area contributed by atoms with Gasteiger partial charge in [0.15, 0.2) is 5.16 Å². The highest BCUT2D eigenvalue weighted by Gasteiger charge is 2.20. The average molecular weight is 525 g/mol. The molecular weight excluding hydrogens is 500 g/mol. The number of fused-ring (bicyclic) bond motifs is 1. The Morgan fingerprint density at radius 1 is 1.22 bits per heavy atom. The molecule has 11 heteroatoms. The van der Waals surface area contributed by atoms with Crippen molar-refractivity contribution < 1.29 is 14.6 Å². The summed E-state index contributed by atoms with van der Waals surface area (Å²) in [4.78, 5) is 27.3. The Morgan fingerprint density at radius 3 is 2.83 bits per heavy atom. The minimum Gasteiger partial charge on any atom is -0.489 e. The van der Waals surface area contributed by atoms with Crippen molar-refractivity contribution in [3.63, 3.8) is 0 Å². The van der Waals surface area contributed by atoms with Gasteiger partial charge in [-0.15, -0.1) is 0 Å². The highest BCUT2D eigenvalue weighted by molar-refractivity contribution is 7.99.